The van der Waals surface area contributed by atoms with Crippen LogP contribution in [-0.2, 0) is 4.79 Å². The Hall–Kier alpha value is -1.55. The van der Waals surface area contributed by atoms with Crippen LogP contribution in [0.25, 0.3) is 0 Å². The molecule has 1 atom stereocenters. The topological polar surface area (TPSA) is 46.5 Å². The SMILES string of the molecule is O=C(Oc1ccc(Cl)cc1Cl)C(O)c1ccccc1. The van der Waals surface area contributed by atoms with Gasteiger partial charge in [0.2, 0.25) is 0 Å². The second-order valence-electron chi connectivity index (χ2n) is 3.81. The van der Waals surface area contributed by atoms with Crippen molar-refractivity contribution >= 4 is 29.2 Å². The standard InChI is InChI=1S/C14H10Cl2O3/c15-10-6-7-12(11(16)8-10)19-14(18)13(17)9-4-2-1-3-5-9/h1-8,13,17H. The first-order valence-electron chi connectivity index (χ1n) is 5.47. The maximum absolute atomic E-state index is 11.8. The van der Waals surface area contributed by atoms with Crippen LogP contribution in [0.4, 0.5) is 0 Å². The summed E-state index contributed by atoms with van der Waals surface area (Å²) >= 11 is 11.6. The monoisotopic (exact) mass is 296 g/mol. The Bertz CT molecular complexity index is 584. The van der Waals surface area contributed by atoms with E-state index in [-0.39, 0.29) is 10.8 Å². The van der Waals surface area contributed by atoms with Gasteiger partial charge in [-0.2, -0.15) is 0 Å². The summed E-state index contributed by atoms with van der Waals surface area (Å²) in [4.78, 5) is 11.8. The molecule has 0 saturated heterocycles. The fraction of sp³-hybridized carbons (Fsp3) is 0.0714. The van der Waals surface area contributed by atoms with Gasteiger partial charge in [0, 0.05) is 5.02 Å². The van der Waals surface area contributed by atoms with E-state index in [0.29, 0.717) is 10.6 Å². The Morgan fingerprint density at radius 2 is 1.79 bits per heavy atom. The van der Waals surface area contributed by atoms with E-state index in [4.69, 9.17) is 27.9 Å². The number of esters is 1. The molecule has 0 heterocycles. The van der Waals surface area contributed by atoms with E-state index in [1.165, 1.54) is 12.1 Å². The highest BCUT2D eigenvalue weighted by molar-refractivity contribution is 6.35. The largest absolute Gasteiger partial charge is 0.423 e. The van der Waals surface area contributed by atoms with Gasteiger partial charge < -0.3 is 9.84 Å². The highest BCUT2D eigenvalue weighted by atomic mass is 35.5. The highest BCUT2D eigenvalue weighted by Crippen LogP contribution is 2.28. The van der Waals surface area contributed by atoms with Crippen molar-refractivity contribution in [2.24, 2.45) is 0 Å². The molecule has 1 N–H and O–H groups in total. The highest BCUT2D eigenvalue weighted by Gasteiger charge is 2.20. The predicted molar refractivity (Wildman–Crippen MR) is 73.5 cm³/mol. The van der Waals surface area contributed by atoms with Crippen molar-refractivity contribution in [2.45, 2.75) is 6.10 Å². The molecule has 0 amide bonds. The van der Waals surface area contributed by atoms with Gasteiger partial charge in [0.1, 0.15) is 5.75 Å². The summed E-state index contributed by atoms with van der Waals surface area (Å²) in [5, 5.41) is 10.5. The lowest BCUT2D eigenvalue weighted by molar-refractivity contribution is -0.144. The molecule has 5 heteroatoms. The number of aliphatic hydroxyl groups excluding tert-OH is 1. The Morgan fingerprint density at radius 3 is 2.42 bits per heavy atom. The zero-order valence-electron chi connectivity index (χ0n) is 9.72. The van der Waals surface area contributed by atoms with E-state index in [9.17, 15) is 9.90 Å². The number of carbonyl (C=O) groups excluding carboxylic acids is 1. The number of rotatable bonds is 3. The van der Waals surface area contributed by atoms with Crippen LogP contribution >= 0.6 is 23.2 Å². The second kappa shape index (κ2) is 6.06. The molecular formula is C14H10Cl2O3. The van der Waals surface area contributed by atoms with Gasteiger partial charge >= 0.3 is 5.97 Å². The van der Waals surface area contributed by atoms with Gasteiger partial charge in [-0.1, -0.05) is 53.5 Å². The zero-order chi connectivity index (χ0) is 13.8. The summed E-state index contributed by atoms with van der Waals surface area (Å²) in [6.07, 6.45) is -1.35. The van der Waals surface area contributed by atoms with Gasteiger partial charge in [-0.15, -0.1) is 0 Å². The number of ether oxygens (including phenoxy) is 1. The number of aliphatic hydroxyl groups is 1. The van der Waals surface area contributed by atoms with Gasteiger partial charge in [-0.25, -0.2) is 4.79 Å². The summed E-state index contributed by atoms with van der Waals surface area (Å²) in [6.45, 7) is 0. The molecule has 2 rings (SSSR count). The Balaban J connectivity index is 2.13. The summed E-state index contributed by atoms with van der Waals surface area (Å²) in [6, 6.07) is 13.0. The molecular weight excluding hydrogens is 287 g/mol. The Kier molecular flexibility index (Phi) is 4.43. The third-order valence-electron chi connectivity index (χ3n) is 2.44. The molecule has 0 bridgehead atoms. The van der Waals surface area contributed by atoms with E-state index in [0.717, 1.165) is 0 Å². The summed E-state index contributed by atoms with van der Waals surface area (Å²) in [5.41, 5.74) is 0.456. The molecule has 0 aliphatic heterocycles. The molecule has 1 unspecified atom stereocenters. The van der Waals surface area contributed by atoms with Crippen molar-refractivity contribution < 1.29 is 14.6 Å². The van der Waals surface area contributed by atoms with Crippen LogP contribution in [0.15, 0.2) is 48.5 Å². The van der Waals surface area contributed by atoms with E-state index in [1.807, 2.05) is 0 Å². The van der Waals surface area contributed by atoms with Gasteiger partial charge in [0.15, 0.2) is 6.10 Å². The van der Waals surface area contributed by atoms with E-state index >= 15 is 0 Å². The van der Waals surface area contributed by atoms with Crippen LogP contribution in [0.5, 0.6) is 5.75 Å². The van der Waals surface area contributed by atoms with Crippen molar-refractivity contribution in [2.75, 3.05) is 0 Å². The zero-order valence-corrected chi connectivity index (χ0v) is 11.2. The molecule has 0 spiro atoms. The number of carbonyl (C=O) groups is 1. The minimum Gasteiger partial charge on any atom is -0.423 e. The van der Waals surface area contributed by atoms with Crippen LogP contribution in [0.1, 0.15) is 11.7 Å². The molecule has 19 heavy (non-hydrogen) atoms. The van der Waals surface area contributed by atoms with Gasteiger partial charge in [0.25, 0.3) is 0 Å². The number of benzene rings is 2. The average molecular weight is 297 g/mol. The molecule has 2 aromatic carbocycles. The van der Waals surface area contributed by atoms with Crippen LogP contribution < -0.4 is 4.74 Å². The molecule has 2 aromatic rings. The fourth-order valence-electron chi connectivity index (χ4n) is 1.49. The normalized spacial score (nSPS) is 11.9. The third-order valence-corrected chi connectivity index (χ3v) is 2.97. The fourth-order valence-corrected chi connectivity index (χ4v) is 1.94. The molecule has 0 aromatic heterocycles. The lowest BCUT2D eigenvalue weighted by Crippen LogP contribution is -2.18. The lowest BCUT2D eigenvalue weighted by Gasteiger charge is -2.11. The van der Waals surface area contributed by atoms with Crippen molar-refractivity contribution in [1.82, 2.24) is 0 Å². The van der Waals surface area contributed by atoms with Crippen LogP contribution in [0, 0.1) is 0 Å². The maximum Gasteiger partial charge on any atom is 0.345 e. The third kappa shape index (κ3) is 3.47. The second-order valence-corrected chi connectivity index (χ2v) is 4.65. The first-order chi connectivity index (χ1) is 9.08. The van der Waals surface area contributed by atoms with Crippen molar-refractivity contribution in [1.29, 1.82) is 0 Å². The summed E-state index contributed by atoms with van der Waals surface area (Å²) in [7, 11) is 0. The van der Waals surface area contributed by atoms with Crippen LogP contribution in [0.3, 0.4) is 0 Å². The molecule has 0 aliphatic carbocycles. The Labute approximate surface area is 120 Å². The number of halogens is 2. The molecule has 3 nitrogen and oxygen atoms in total. The van der Waals surface area contributed by atoms with Crippen molar-refractivity contribution in [3.63, 3.8) is 0 Å². The molecule has 0 radical (unpaired) electrons. The molecule has 98 valence electrons. The van der Waals surface area contributed by atoms with Gasteiger partial charge in [-0.3, -0.25) is 0 Å². The van der Waals surface area contributed by atoms with Crippen LogP contribution in [0.2, 0.25) is 10.0 Å². The minimum absolute atomic E-state index is 0.158. The minimum atomic E-state index is -1.35. The molecule has 0 saturated carbocycles. The first kappa shape index (κ1) is 13.9. The van der Waals surface area contributed by atoms with Crippen LogP contribution in [-0.4, -0.2) is 11.1 Å². The molecule has 0 aliphatic rings. The quantitative estimate of drug-likeness (QED) is 0.695. The number of hydrogen-bond donors (Lipinski definition) is 1. The van der Waals surface area contributed by atoms with E-state index in [1.54, 1.807) is 36.4 Å². The predicted octanol–water partition coefficient (Wildman–Crippen LogP) is 3.63. The Morgan fingerprint density at radius 1 is 1.11 bits per heavy atom. The molecule has 0 fully saturated rings. The van der Waals surface area contributed by atoms with E-state index in [2.05, 4.69) is 0 Å². The lowest BCUT2D eigenvalue weighted by atomic mass is 10.1. The summed E-state index contributed by atoms with van der Waals surface area (Å²) in [5.74, 6) is -0.638. The smallest absolute Gasteiger partial charge is 0.345 e. The van der Waals surface area contributed by atoms with Crippen molar-refractivity contribution in [3.05, 3.63) is 64.1 Å². The van der Waals surface area contributed by atoms with Gasteiger partial charge in [0.05, 0.1) is 5.02 Å². The van der Waals surface area contributed by atoms with E-state index < -0.39 is 12.1 Å². The number of hydrogen-bond acceptors (Lipinski definition) is 3. The average Bonchev–Trinajstić information content (AvgIpc) is 2.42. The maximum atomic E-state index is 11.8. The van der Waals surface area contributed by atoms with Crippen molar-refractivity contribution in [3.8, 4) is 5.75 Å². The first-order valence-corrected chi connectivity index (χ1v) is 6.23. The summed E-state index contributed by atoms with van der Waals surface area (Å²) < 4.78 is 5.04. The van der Waals surface area contributed by atoms with Gasteiger partial charge in [-0.05, 0) is 23.8 Å².